The van der Waals surface area contributed by atoms with E-state index < -0.39 is 0 Å². The van der Waals surface area contributed by atoms with Gasteiger partial charge in [-0.1, -0.05) is 42.4 Å². The average molecular weight is 278 g/mol. The van der Waals surface area contributed by atoms with Gasteiger partial charge in [0.15, 0.2) is 0 Å². The van der Waals surface area contributed by atoms with Crippen LogP contribution in [0.4, 0.5) is 0 Å². The second kappa shape index (κ2) is 3.85. The summed E-state index contributed by atoms with van der Waals surface area (Å²) in [6.07, 6.45) is 9.06. The van der Waals surface area contributed by atoms with Crippen molar-refractivity contribution in [2.75, 3.05) is 0 Å². The minimum atomic E-state index is 1.00. The fraction of sp³-hybridized carbons (Fsp3) is 1.00. The Balaban J connectivity index is 2.05. The Hall–Kier alpha value is 0.730. The van der Waals surface area contributed by atoms with Crippen LogP contribution in [-0.2, 0) is 0 Å². The number of fused-ring (bicyclic) bond motifs is 1. The number of rotatable bonds is 0. The lowest BCUT2D eigenvalue weighted by molar-refractivity contribution is 0.125. The van der Waals surface area contributed by atoms with Crippen molar-refractivity contribution in [1.29, 1.82) is 0 Å². The van der Waals surface area contributed by atoms with Crippen LogP contribution in [0.2, 0.25) is 0 Å². The minimum Gasteiger partial charge on any atom is -0.0823 e. The van der Waals surface area contributed by atoms with Crippen LogP contribution in [0.5, 0.6) is 0 Å². The Labute approximate surface area is 89.6 Å². The van der Waals surface area contributed by atoms with Crippen molar-refractivity contribution >= 4 is 22.6 Å². The zero-order chi connectivity index (χ0) is 8.55. The minimum absolute atomic E-state index is 1.00. The van der Waals surface area contributed by atoms with Gasteiger partial charge in [-0.15, -0.1) is 0 Å². The Morgan fingerprint density at radius 2 is 1.58 bits per heavy atom. The topological polar surface area (TPSA) is 0 Å². The van der Waals surface area contributed by atoms with Crippen LogP contribution < -0.4 is 0 Å². The summed E-state index contributed by atoms with van der Waals surface area (Å²) in [5.74, 6) is 3.21. The molecule has 0 aliphatic heterocycles. The zero-order valence-corrected chi connectivity index (χ0v) is 10.1. The molecule has 0 spiro atoms. The van der Waals surface area contributed by atoms with Crippen LogP contribution >= 0.6 is 22.6 Å². The number of hydrogen-bond acceptors (Lipinski definition) is 0. The van der Waals surface area contributed by atoms with Gasteiger partial charge < -0.3 is 0 Å². The van der Waals surface area contributed by atoms with E-state index in [4.69, 9.17) is 0 Å². The van der Waals surface area contributed by atoms with Crippen LogP contribution in [0.3, 0.4) is 0 Å². The zero-order valence-electron chi connectivity index (χ0n) is 7.93. The van der Waals surface area contributed by atoms with Crippen molar-refractivity contribution in [3.8, 4) is 0 Å². The Kier molecular flexibility index (Phi) is 2.98. The SMILES string of the molecule is CC1CCC(I)C2CCCCC12. The molecule has 0 nitrogen and oxygen atoms in total. The van der Waals surface area contributed by atoms with Gasteiger partial charge in [-0.3, -0.25) is 0 Å². The summed E-state index contributed by atoms with van der Waals surface area (Å²) < 4.78 is 1.00. The number of alkyl halides is 1. The maximum atomic E-state index is 2.70. The van der Waals surface area contributed by atoms with Crippen LogP contribution in [0.1, 0.15) is 45.4 Å². The Bertz CT molecular complexity index is 137. The highest BCUT2D eigenvalue weighted by Gasteiger charge is 2.37. The van der Waals surface area contributed by atoms with Gasteiger partial charge in [-0.25, -0.2) is 0 Å². The van der Waals surface area contributed by atoms with Gasteiger partial charge in [0.05, 0.1) is 0 Å². The molecule has 4 atom stereocenters. The van der Waals surface area contributed by atoms with E-state index in [9.17, 15) is 0 Å². The van der Waals surface area contributed by atoms with Gasteiger partial charge in [-0.2, -0.15) is 0 Å². The lowest BCUT2D eigenvalue weighted by Crippen LogP contribution is -2.36. The lowest BCUT2D eigenvalue weighted by Gasteiger charge is -2.43. The summed E-state index contributed by atoms with van der Waals surface area (Å²) in [4.78, 5) is 0. The fourth-order valence-electron chi connectivity index (χ4n) is 3.19. The van der Waals surface area contributed by atoms with Crippen LogP contribution in [-0.4, -0.2) is 3.92 Å². The van der Waals surface area contributed by atoms with Crippen LogP contribution in [0, 0.1) is 17.8 Å². The van der Waals surface area contributed by atoms with E-state index in [1.807, 2.05) is 0 Å². The summed E-state index contributed by atoms with van der Waals surface area (Å²) in [6.45, 7) is 2.48. The van der Waals surface area contributed by atoms with E-state index >= 15 is 0 Å². The van der Waals surface area contributed by atoms with Gasteiger partial charge in [0.2, 0.25) is 0 Å². The molecule has 0 saturated heterocycles. The first-order valence-corrected chi connectivity index (χ1v) is 6.67. The molecule has 0 aromatic rings. The Morgan fingerprint density at radius 3 is 2.25 bits per heavy atom. The smallest absolute Gasteiger partial charge is 0.0141 e. The van der Waals surface area contributed by atoms with Crippen molar-refractivity contribution in [2.45, 2.75) is 49.4 Å². The van der Waals surface area contributed by atoms with Crippen molar-refractivity contribution in [1.82, 2.24) is 0 Å². The quantitative estimate of drug-likeness (QED) is 0.463. The lowest BCUT2D eigenvalue weighted by atomic mass is 9.66. The second-order valence-corrected chi connectivity index (χ2v) is 6.28. The molecule has 0 bridgehead atoms. The molecule has 1 heteroatoms. The third kappa shape index (κ3) is 1.66. The number of hydrogen-bond donors (Lipinski definition) is 0. The molecule has 4 unspecified atom stereocenters. The third-order valence-electron chi connectivity index (χ3n) is 3.97. The number of halogens is 1. The standard InChI is InChI=1S/C11H19I/c1-8-6-7-11(12)10-5-3-2-4-9(8)10/h8-11H,2-7H2,1H3. The second-order valence-electron chi connectivity index (χ2n) is 4.68. The monoisotopic (exact) mass is 278 g/mol. The van der Waals surface area contributed by atoms with Gasteiger partial charge in [-0.05, 0) is 43.4 Å². The molecule has 2 aliphatic carbocycles. The highest BCUT2D eigenvalue weighted by atomic mass is 127. The molecule has 0 aromatic carbocycles. The predicted octanol–water partition coefficient (Wildman–Crippen LogP) is 4.03. The van der Waals surface area contributed by atoms with Crippen molar-refractivity contribution < 1.29 is 0 Å². The molecule has 70 valence electrons. The van der Waals surface area contributed by atoms with E-state index in [0.29, 0.717) is 0 Å². The molecule has 0 amide bonds. The van der Waals surface area contributed by atoms with E-state index in [1.165, 1.54) is 38.5 Å². The maximum Gasteiger partial charge on any atom is 0.0141 e. The molecule has 0 aromatic heterocycles. The first-order valence-electron chi connectivity index (χ1n) is 5.43. The summed E-state index contributed by atoms with van der Waals surface area (Å²) in [7, 11) is 0. The highest BCUT2D eigenvalue weighted by molar-refractivity contribution is 14.1. The van der Waals surface area contributed by atoms with E-state index in [1.54, 1.807) is 0 Å². The third-order valence-corrected chi connectivity index (χ3v) is 5.51. The van der Waals surface area contributed by atoms with Gasteiger partial charge in [0.1, 0.15) is 0 Å². The highest BCUT2D eigenvalue weighted by Crippen LogP contribution is 2.46. The molecule has 12 heavy (non-hydrogen) atoms. The Morgan fingerprint density at radius 1 is 0.917 bits per heavy atom. The maximum absolute atomic E-state index is 2.70. The molecular formula is C11H19I. The largest absolute Gasteiger partial charge is 0.0823 e. The first-order chi connectivity index (χ1) is 5.79. The molecule has 2 saturated carbocycles. The van der Waals surface area contributed by atoms with Crippen molar-refractivity contribution in [3.05, 3.63) is 0 Å². The van der Waals surface area contributed by atoms with Gasteiger partial charge in [0, 0.05) is 3.92 Å². The first kappa shape index (κ1) is 9.29. The van der Waals surface area contributed by atoms with Crippen molar-refractivity contribution in [3.63, 3.8) is 0 Å². The molecule has 0 heterocycles. The predicted molar refractivity (Wildman–Crippen MR) is 61.7 cm³/mol. The van der Waals surface area contributed by atoms with Gasteiger partial charge in [0.25, 0.3) is 0 Å². The summed E-state index contributed by atoms with van der Waals surface area (Å²) in [5.41, 5.74) is 0. The summed E-state index contributed by atoms with van der Waals surface area (Å²) in [5, 5.41) is 0. The molecule has 2 aliphatic rings. The summed E-state index contributed by atoms with van der Waals surface area (Å²) >= 11 is 2.70. The molecule has 0 N–H and O–H groups in total. The van der Waals surface area contributed by atoms with Crippen LogP contribution in [0.15, 0.2) is 0 Å². The van der Waals surface area contributed by atoms with E-state index in [0.717, 1.165) is 21.7 Å². The molecule has 2 rings (SSSR count). The summed E-state index contributed by atoms with van der Waals surface area (Å²) in [6, 6.07) is 0. The van der Waals surface area contributed by atoms with E-state index in [2.05, 4.69) is 29.5 Å². The van der Waals surface area contributed by atoms with Crippen molar-refractivity contribution in [2.24, 2.45) is 17.8 Å². The fourth-order valence-corrected chi connectivity index (χ4v) is 4.45. The molecular weight excluding hydrogens is 259 g/mol. The normalized spacial score (nSPS) is 48.5. The van der Waals surface area contributed by atoms with E-state index in [-0.39, 0.29) is 0 Å². The average Bonchev–Trinajstić information content (AvgIpc) is 2.12. The molecule has 0 radical (unpaired) electrons. The van der Waals surface area contributed by atoms with Crippen LogP contribution in [0.25, 0.3) is 0 Å². The van der Waals surface area contributed by atoms with Gasteiger partial charge >= 0.3 is 0 Å². The molecule has 2 fully saturated rings.